The highest BCUT2D eigenvalue weighted by atomic mass is 32.1. The number of benzene rings is 2. The molecule has 0 bridgehead atoms. The van der Waals surface area contributed by atoms with Crippen LogP contribution in [-0.4, -0.2) is 47.1 Å². The fourth-order valence-corrected chi connectivity index (χ4v) is 5.31. The van der Waals surface area contributed by atoms with E-state index >= 15 is 0 Å². The number of fused-ring (bicyclic) bond motifs is 1. The Morgan fingerprint density at radius 1 is 1.03 bits per heavy atom. The highest BCUT2D eigenvalue weighted by Gasteiger charge is 2.26. The molecule has 2 amide bonds. The predicted molar refractivity (Wildman–Crippen MR) is 135 cm³/mol. The number of rotatable bonds is 4. The van der Waals surface area contributed by atoms with Gasteiger partial charge in [0, 0.05) is 43.5 Å². The zero-order chi connectivity index (χ0) is 24.5. The molecule has 1 saturated heterocycles. The summed E-state index contributed by atoms with van der Waals surface area (Å²) in [5.41, 5.74) is 2.29. The van der Waals surface area contributed by atoms with Crippen LogP contribution in [0.4, 0.5) is 25.1 Å². The third kappa shape index (κ3) is 4.81. The van der Waals surface area contributed by atoms with Crippen molar-refractivity contribution in [2.24, 2.45) is 0 Å². The number of thiophene rings is 1. The molecule has 1 aliphatic heterocycles. The monoisotopic (exact) mass is 493 g/mol. The molecule has 4 aromatic rings. The topological polar surface area (TPSA) is 61.4 Å². The van der Waals surface area contributed by atoms with Gasteiger partial charge in [0.05, 0.1) is 11.1 Å². The molecule has 35 heavy (non-hydrogen) atoms. The van der Waals surface area contributed by atoms with Crippen molar-refractivity contribution in [3.8, 4) is 0 Å². The number of anilines is 2. The third-order valence-corrected chi connectivity index (χ3v) is 7.40. The first kappa shape index (κ1) is 23.2. The highest BCUT2D eigenvalue weighted by Crippen LogP contribution is 2.35. The Morgan fingerprint density at radius 3 is 2.49 bits per heavy atom. The van der Waals surface area contributed by atoms with Gasteiger partial charge < -0.3 is 15.1 Å². The number of urea groups is 1. The quantitative estimate of drug-likeness (QED) is 0.406. The van der Waals surface area contributed by atoms with Crippen molar-refractivity contribution in [2.75, 3.05) is 36.4 Å². The average molecular weight is 494 g/mol. The Morgan fingerprint density at radius 2 is 1.77 bits per heavy atom. The second-order valence-electron chi connectivity index (χ2n) is 8.62. The molecule has 6 nitrogen and oxygen atoms in total. The van der Waals surface area contributed by atoms with Crippen molar-refractivity contribution in [2.45, 2.75) is 20.3 Å². The number of aromatic nitrogens is 2. The van der Waals surface area contributed by atoms with Crippen LogP contribution in [0, 0.1) is 25.5 Å². The van der Waals surface area contributed by atoms with Crippen LogP contribution in [-0.2, 0) is 6.42 Å². The molecule has 9 heteroatoms. The Balaban J connectivity index is 1.35. The minimum Gasteiger partial charge on any atom is -0.352 e. The maximum absolute atomic E-state index is 13.9. The van der Waals surface area contributed by atoms with Gasteiger partial charge in [-0.1, -0.05) is 30.3 Å². The molecule has 3 heterocycles. The van der Waals surface area contributed by atoms with Crippen molar-refractivity contribution in [1.82, 2.24) is 14.9 Å². The van der Waals surface area contributed by atoms with Crippen molar-refractivity contribution in [3.63, 3.8) is 0 Å². The number of halogens is 2. The largest absolute Gasteiger partial charge is 0.352 e. The van der Waals surface area contributed by atoms with Gasteiger partial charge >= 0.3 is 6.03 Å². The molecule has 0 unspecified atom stereocenters. The molecule has 0 saturated carbocycles. The number of aryl methyl sites for hydroxylation is 2. The normalized spacial score (nSPS) is 13.9. The van der Waals surface area contributed by atoms with Crippen LogP contribution >= 0.6 is 11.3 Å². The first-order chi connectivity index (χ1) is 16.9. The first-order valence-corrected chi connectivity index (χ1v) is 12.3. The molecule has 0 atom stereocenters. The summed E-state index contributed by atoms with van der Waals surface area (Å²) >= 11 is 1.68. The van der Waals surface area contributed by atoms with E-state index in [1.54, 1.807) is 16.2 Å². The lowest BCUT2D eigenvalue weighted by Crippen LogP contribution is -2.50. The fourth-order valence-electron chi connectivity index (χ4n) is 4.26. The Kier molecular flexibility index (Phi) is 6.34. The molecule has 1 N–H and O–H groups in total. The summed E-state index contributed by atoms with van der Waals surface area (Å²) < 4.78 is 27.1. The van der Waals surface area contributed by atoms with E-state index in [4.69, 9.17) is 9.97 Å². The second-order valence-corrected chi connectivity index (χ2v) is 9.82. The van der Waals surface area contributed by atoms with E-state index in [1.807, 2.05) is 18.2 Å². The standard InChI is InChI=1S/C26H25F2N5OS/c1-16-17(2)35-25-23(16)24(30-22(31-25)14-18-6-4-3-5-7-18)32-10-12-33(13-11-32)26(34)29-21-9-8-19(27)15-20(21)28/h3-9,15H,10-14H2,1-2H3,(H,29,34). The Hall–Kier alpha value is -3.59. The third-order valence-electron chi connectivity index (χ3n) is 6.30. The van der Waals surface area contributed by atoms with Gasteiger partial charge in [-0.2, -0.15) is 0 Å². The van der Waals surface area contributed by atoms with Gasteiger partial charge in [0.15, 0.2) is 0 Å². The number of amides is 2. The van der Waals surface area contributed by atoms with Crippen LogP contribution in [0.1, 0.15) is 21.8 Å². The number of nitrogens with one attached hydrogen (secondary N) is 1. The van der Waals surface area contributed by atoms with E-state index < -0.39 is 17.7 Å². The molecule has 1 aliphatic rings. The number of carbonyl (C=O) groups is 1. The van der Waals surface area contributed by atoms with E-state index in [-0.39, 0.29) is 5.69 Å². The molecule has 0 radical (unpaired) electrons. The molecule has 180 valence electrons. The second kappa shape index (κ2) is 9.58. The number of nitrogens with zero attached hydrogens (tertiary/aromatic N) is 4. The smallest absolute Gasteiger partial charge is 0.322 e. The lowest BCUT2D eigenvalue weighted by molar-refractivity contribution is 0.208. The number of hydrogen-bond donors (Lipinski definition) is 1. The summed E-state index contributed by atoms with van der Waals surface area (Å²) in [4.78, 5) is 28.5. The van der Waals surface area contributed by atoms with Gasteiger partial charge in [-0.05, 0) is 37.1 Å². The van der Waals surface area contributed by atoms with Crippen LogP contribution in [0.5, 0.6) is 0 Å². The van der Waals surface area contributed by atoms with Gasteiger partial charge in [0.1, 0.15) is 28.1 Å². The van der Waals surface area contributed by atoms with Crippen molar-refractivity contribution in [1.29, 1.82) is 0 Å². The minimum absolute atomic E-state index is 0.0359. The van der Waals surface area contributed by atoms with Gasteiger partial charge in [-0.3, -0.25) is 0 Å². The van der Waals surface area contributed by atoms with Crippen molar-refractivity contribution < 1.29 is 13.6 Å². The van der Waals surface area contributed by atoms with Gasteiger partial charge in [-0.25, -0.2) is 23.5 Å². The zero-order valence-electron chi connectivity index (χ0n) is 19.5. The molecule has 2 aromatic carbocycles. The average Bonchev–Trinajstić information content (AvgIpc) is 3.14. The van der Waals surface area contributed by atoms with E-state index in [0.717, 1.165) is 39.6 Å². The Bertz CT molecular complexity index is 1380. The molecule has 0 spiro atoms. The van der Waals surface area contributed by atoms with Crippen molar-refractivity contribution >= 4 is 39.1 Å². The fraction of sp³-hybridized carbons (Fsp3) is 0.269. The summed E-state index contributed by atoms with van der Waals surface area (Å²) in [6.45, 7) is 6.28. The lowest BCUT2D eigenvalue weighted by Gasteiger charge is -2.35. The van der Waals surface area contributed by atoms with Crippen LogP contribution in [0.3, 0.4) is 0 Å². The molecule has 2 aromatic heterocycles. The van der Waals surface area contributed by atoms with Gasteiger partial charge in [-0.15, -0.1) is 11.3 Å². The van der Waals surface area contributed by atoms with Gasteiger partial charge in [0.2, 0.25) is 0 Å². The first-order valence-electron chi connectivity index (χ1n) is 11.5. The summed E-state index contributed by atoms with van der Waals surface area (Å²) in [5.74, 6) is 0.185. The maximum atomic E-state index is 13.9. The predicted octanol–water partition coefficient (Wildman–Crippen LogP) is 5.53. The Labute approximate surface area is 206 Å². The molecular formula is C26H25F2N5OS. The highest BCUT2D eigenvalue weighted by molar-refractivity contribution is 7.18. The van der Waals surface area contributed by atoms with Crippen molar-refractivity contribution in [3.05, 3.63) is 82.0 Å². The van der Waals surface area contributed by atoms with E-state index in [2.05, 4.69) is 36.2 Å². The summed E-state index contributed by atoms with van der Waals surface area (Å²) in [6, 6.07) is 12.8. The summed E-state index contributed by atoms with van der Waals surface area (Å²) in [7, 11) is 0. The lowest BCUT2D eigenvalue weighted by atomic mass is 10.1. The van der Waals surface area contributed by atoms with Crippen LogP contribution in [0.2, 0.25) is 0 Å². The summed E-state index contributed by atoms with van der Waals surface area (Å²) in [6.07, 6.45) is 0.644. The molecule has 1 fully saturated rings. The SMILES string of the molecule is Cc1sc2nc(Cc3ccccc3)nc(N3CCN(C(=O)Nc4ccc(F)cc4F)CC3)c2c1C. The van der Waals surface area contributed by atoms with Crippen LogP contribution in [0.25, 0.3) is 10.2 Å². The molecular weight excluding hydrogens is 468 g/mol. The summed E-state index contributed by atoms with van der Waals surface area (Å²) in [5, 5.41) is 3.61. The van der Waals surface area contributed by atoms with Crippen LogP contribution in [0.15, 0.2) is 48.5 Å². The van der Waals surface area contributed by atoms with E-state index in [0.29, 0.717) is 32.6 Å². The van der Waals surface area contributed by atoms with E-state index in [1.165, 1.54) is 16.5 Å². The minimum atomic E-state index is -0.797. The van der Waals surface area contributed by atoms with E-state index in [9.17, 15) is 13.6 Å². The number of carbonyl (C=O) groups excluding carboxylic acids is 1. The zero-order valence-corrected chi connectivity index (χ0v) is 20.3. The number of hydrogen-bond acceptors (Lipinski definition) is 5. The number of piperazine rings is 1. The molecule has 0 aliphatic carbocycles. The van der Waals surface area contributed by atoms with Gasteiger partial charge in [0.25, 0.3) is 0 Å². The van der Waals surface area contributed by atoms with Crippen LogP contribution < -0.4 is 10.2 Å². The molecule has 5 rings (SSSR count). The maximum Gasteiger partial charge on any atom is 0.322 e.